The van der Waals surface area contributed by atoms with E-state index >= 15 is 0 Å². The van der Waals surface area contributed by atoms with Crippen molar-refractivity contribution in [2.45, 2.75) is 32.1 Å². The van der Waals surface area contributed by atoms with Gasteiger partial charge in [0.1, 0.15) is 11.9 Å². The number of benzene rings is 2. The van der Waals surface area contributed by atoms with Gasteiger partial charge in [-0.1, -0.05) is 55.0 Å². The Kier molecular flexibility index (Phi) is 4.96. The summed E-state index contributed by atoms with van der Waals surface area (Å²) >= 11 is 7.66. The predicted octanol–water partition coefficient (Wildman–Crippen LogP) is 6.43. The highest BCUT2D eigenvalue weighted by atomic mass is 35.5. The smallest absolute Gasteiger partial charge is 0.211 e. The third kappa shape index (κ3) is 3.20. The number of rotatable bonds is 2. The predicted molar refractivity (Wildman–Crippen MR) is 134 cm³/mol. The molecule has 2 aromatic carbocycles. The summed E-state index contributed by atoms with van der Waals surface area (Å²) in [6, 6.07) is 14.3. The Balaban J connectivity index is 1.68. The Hall–Kier alpha value is -3.34. The van der Waals surface area contributed by atoms with Crippen LogP contribution in [0.15, 0.2) is 54.1 Å². The van der Waals surface area contributed by atoms with Gasteiger partial charge < -0.3 is 0 Å². The monoisotopic (exact) mass is 502 g/mol. The topological polar surface area (TPSA) is 71.6 Å². The zero-order valence-electron chi connectivity index (χ0n) is 19.0. The minimum Gasteiger partial charge on any atom is -0.293 e. The van der Waals surface area contributed by atoms with Crippen LogP contribution in [0.1, 0.15) is 31.5 Å². The van der Waals surface area contributed by atoms with Crippen LogP contribution in [0, 0.1) is 29.0 Å². The van der Waals surface area contributed by atoms with Gasteiger partial charge in [-0.05, 0) is 49.1 Å². The third-order valence-electron chi connectivity index (χ3n) is 7.47. The van der Waals surface area contributed by atoms with E-state index in [1.165, 1.54) is 17.4 Å². The maximum absolute atomic E-state index is 15.0. The van der Waals surface area contributed by atoms with Crippen LogP contribution < -0.4 is 0 Å². The van der Waals surface area contributed by atoms with Crippen molar-refractivity contribution in [2.75, 3.05) is 0 Å². The number of hydrogen-bond donors (Lipinski definition) is 0. The van der Waals surface area contributed by atoms with Gasteiger partial charge >= 0.3 is 0 Å². The average Bonchev–Trinajstić information content (AvgIpc) is 3.43. The molecule has 2 aliphatic rings. The molecule has 0 radical (unpaired) electrons. The lowest BCUT2D eigenvalue weighted by Crippen LogP contribution is -2.46. The van der Waals surface area contributed by atoms with E-state index in [-0.39, 0.29) is 29.0 Å². The minimum atomic E-state index is -0.641. The first-order chi connectivity index (χ1) is 16.8. The lowest BCUT2D eigenvalue weighted by atomic mass is 9.58. The van der Waals surface area contributed by atoms with Gasteiger partial charge in [-0.3, -0.25) is 4.79 Å². The van der Waals surface area contributed by atoms with Gasteiger partial charge in [0.25, 0.3) is 0 Å². The molecule has 6 rings (SSSR count). The summed E-state index contributed by atoms with van der Waals surface area (Å²) in [6.07, 6.45) is 3.20. The van der Waals surface area contributed by atoms with Gasteiger partial charge in [-0.25, -0.2) is 14.1 Å². The number of halogens is 2. The number of fused-ring (bicyclic) bond motifs is 4. The molecule has 5 nitrogen and oxygen atoms in total. The molecule has 2 aliphatic carbocycles. The van der Waals surface area contributed by atoms with Crippen LogP contribution in [0.4, 0.5) is 4.39 Å². The molecule has 0 spiro atoms. The van der Waals surface area contributed by atoms with E-state index in [2.05, 4.69) is 13.0 Å². The third-order valence-corrected chi connectivity index (χ3v) is 8.69. The van der Waals surface area contributed by atoms with Gasteiger partial charge in [-0.2, -0.15) is 10.4 Å². The van der Waals surface area contributed by atoms with Gasteiger partial charge in [0.15, 0.2) is 5.78 Å². The molecule has 0 saturated heterocycles. The number of hydrogen-bond acceptors (Lipinski definition) is 5. The quantitative estimate of drug-likeness (QED) is 0.316. The summed E-state index contributed by atoms with van der Waals surface area (Å²) in [7, 11) is 0. The number of thiazole rings is 1. The molecule has 0 N–H and O–H groups in total. The number of nitriles is 1. The fraction of sp³-hybridized carbons (Fsp3) is 0.259. The van der Waals surface area contributed by atoms with Crippen LogP contribution in [-0.2, 0) is 16.6 Å². The molecule has 4 aromatic rings. The number of ketones is 1. The van der Waals surface area contributed by atoms with Crippen molar-refractivity contribution in [1.82, 2.24) is 14.8 Å². The molecule has 0 amide bonds. The Bertz CT molecular complexity index is 1610. The number of aromatic nitrogens is 3. The molecule has 35 heavy (non-hydrogen) atoms. The highest BCUT2D eigenvalue weighted by Gasteiger charge is 2.51. The van der Waals surface area contributed by atoms with Crippen LogP contribution in [0.25, 0.3) is 26.6 Å². The Morgan fingerprint density at radius 1 is 1.29 bits per heavy atom. The fourth-order valence-electron chi connectivity index (χ4n) is 5.83. The molecule has 8 heteroatoms. The summed E-state index contributed by atoms with van der Waals surface area (Å²) in [5, 5.41) is 15.9. The lowest BCUT2D eigenvalue weighted by molar-refractivity contribution is -0.121. The zero-order valence-corrected chi connectivity index (χ0v) is 20.6. The van der Waals surface area contributed by atoms with Crippen molar-refractivity contribution in [3.63, 3.8) is 0 Å². The number of nitrogens with zero attached hydrogens (tertiary/aromatic N) is 4. The van der Waals surface area contributed by atoms with E-state index in [0.29, 0.717) is 27.8 Å². The molecule has 0 fully saturated rings. The SMILES string of the molecule is C[C@H]1C(=O)C(C#N)=C[C@@]2(C)c3c(c(-c4ccccc4F)nn3-c3nc4ccc(Cl)cc4s3)CC[C@H]12. The summed E-state index contributed by atoms with van der Waals surface area (Å²) in [5.74, 6) is -0.772. The second kappa shape index (κ2) is 7.84. The lowest BCUT2D eigenvalue weighted by Gasteiger charge is -2.45. The molecular weight excluding hydrogens is 483 g/mol. The standard InChI is InChI=1S/C27H20ClFN4OS/c1-14-19-9-8-18-23(17-5-3-4-6-20(17)29)32-33(25(18)27(19,2)12-15(13-30)24(14)34)26-31-21-10-7-16(28)11-22(21)35-26/h3-7,10-12,14,19H,8-9H2,1-2H3/t14-,19-,27-/m1/s1. The Morgan fingerprint density at radius 3 is 2.86 bits per heavy atom. The van der Waals surface area contributed by atoms with Crippen LogP contribution in [0.2, 0.25) is 5.02 Å². The van der Waals surface area contributed by atoms with E-state index in [9.17, 15) is 14.4 Å². The van der Waals surface area contributed by atoms with Crippen LogP contribution in [-0.4, -0.2) is 20.5 Å². The van der Waals surface area contributed by atoms with E-state index in [1.807, 2.05) is 19.1 Å². The summed E-state index contributed by atoms with van der Waals surface area (Å²) in [6.45, 7) is 3.96. The highest BCUT2D eigenvalue weighted by Crippen LogP contribution is 2.52. The first-order valence-electron chi connectivity index (χ1n) is 11.4. The minimum absolute atomic E-state index is 0.00709. The molecule has 0 unspecified atom stereocenters. The van der Waals surface area contributed by atoms with Gasteiger partial charge in [0.05, 0.1) is 27.2 Å². The molecule has 0 aliphatic heterocycles. The second-order valence-corrected chi connectivity index (χ2v) is 10.9. The van der Waals surface area contributed by atoms with Crippen molar-refractivity contribution < 1.29 is 9.18 Å². The zero-order chi connectivity index (χ0) is 24.5. The number of Topliss-reactive ketones (excluding diaryl/α,β-unsaturated/α-hetero) is 1. The van der Waals surface area contributed by atoms with E-state index < -0.39 is 5.41 Å². The Morgan fingerprint density at radius 2 is 2.09 bits per heavy atom. The first-order valence-corrected chi connectivity index (χ1v) is 12.6. The summed E-state index contributed by atoms with van der Waals surface area (Å²) in [5.41, 5.74) is 3.12. The van der Waals surface area contributed by atoms with Gasteiger partial charge in [0, 0.05) is 27.5 Å². The molecule has 174 valence electrons. The maximum Gasteiger partial charge on any atom is 0.211 e. The van der Waals surface area contributed by atoms with Crippen molar-refractivity contribution in [1.29, 1.82) is 5.26 Å². The van der Waals surface area contributed by atoms with E-state index in [0.717, 1.165) is 27.9 Å². The normalized spacial score (nSPS) is 23.5. The highest BCUT2D eigenvalue weighted by molar-refractivity contribution is 7.20. The second-order valence-electron chi connectivity index (χ2n) is 9.43. The Labute approximate surface area is 210 Å². The average molecular weight is 503 g/mol. The fourth-order valence-corrected chi connectivity index (χ4v) is 7.03. The van der Waals surface area contributed by atoms with Crippen LogP contribution in [0.3, 0.4) is 0 Å². The molecule has 2 aromatic heterocycles. The number of carbonyl (C=O) groups excluding carboxylic acids is 1. The maximum atomic E-state index is 15.0. The van der Waals surface area contributed by atoms with Gasteiger partial charge in [-0.15, -0.1) is 0 Å². The largest absolute Gasteiger partial charge is 0.293 e. The van der Waals surface area contributed by atoms with Crippen molar-refractivity contribution >= 4 is 38.9 Å². The van der Waals surface area contributed by atoms with E-state index in [4.69, 9.17) is 21.7 Å². The molecule has 3 atom stereocenters. The van der Waals surface area contributed by atoms with Crippen LogP contribution in [0.5, 0.6) is 0 Å². The number of carbonyl (C=O) groups is 1. The van der Waals surface area contributed by atoms with Crippen molar-refractivity contribution in [2.24, 2.45) is 11.8 Å². The van der Waals surface area contributed by atoms with Crippen molar-refractivity contribution in [3.8, 4) is 22.5 Å². The molecule has 2 heterocycles. The number of allylic oxidation sites excluding steroid dienone is 2. The molecule has 0 bridgehead atoms. The van der Waals surface area contributed by atoms with Crippen molar-refractivity contribution in [3.05, 3.63) is 76.2 Å². The summed E-state index contributed by atoms with van der Waals surface area (Å²) < 4.78 is 17.7. The van der Waals surface area contributed by atoms with E-state index in [1.54, 1.807) is 35.0 Å². The summed E-state index contributed by atoms with van der Waals surface area (Å²) in [4.78, 5) is 17.7. The van der Waals surface area contributed by atoms with Gasteiger partial charge in [0.2, 0.25) is 5.13 Å². The first kappa shape index (κ1) is 22.1. The van der Waals surface area contributed by atoms with Crippen LogP contribution >= 0.6 is 22.9 Å². The molecule has 0 saturated carbocycles. The molecular formula is C27H20ClFN4OS.